The van der Waals surface area contributed by atoms with Crippen molar-refractivity contribution in [2.45, 2.75) is 64.3 Å². The molecule has 200 valence electrons. The fourth-order valence-electron chi connectivity index (χ4n) is 3.50. The highest BCUT2D eigenvalue weighted by Crippen LogP contribution is 2.25. The normalized spacial score (nSPS) is 14.3. The number of hydrogen-bond donors (Lipinski definition) is 6. The molecule has 0 saturated carbocycles. The van der Waals surface area contributed by atoms with Crippen LogP contribution in [0.15, 0.2) is 29.3 Å². The van der Waals surface area contributed by atoms with Crippen LogP contribution in [0.3, 0.4) is 0 Å². The van der Waals surface area contributed by atoms with Gasteiger partial charge in [-0.25, -0.2) is 0 Å². The van der Waals surface area contributed by atoms with Crippen molar-refractivity contribution in [3.63, 3.8) is 0 Å². The van der Waals surface area contributed by atoms with Crippen LogP contribution >= 0.6 is 0 Å². The number of nitrogens with two attached hydrogens (primary N) is 4. The van der Waals surface area contributed by atoms with Crippen LogP contribution < -0.4 is 33.2 Å². The smallest absolute Gasteiger partial charge is 0.269 e. The number of carbonyl (C=O) groups excluding carboxylic acids is 3. The summed E-state index contributed by atoms with van der Waals surface area (Å²) >= 11 is 0. The molecule has 1 aromatic rings. The third kappa shape index (κ3) is 9.11. The molecule has 0 heterocycles. The van der Waals surface area contributed by atoms with Gasteiger partial charge in [0, 0.05) is 24.4 Å². The zero-order valence-electron chi connectivity index (χ0n) is 20.7. The van der Waals surface area contributed by atoms with E-state index >= 15 is 0 Å². The first-order valence-electron chi connectivity index (χ1n) is 11.4. The van der Waals surface area contributed by atoms with Gasteiger partial charge in [0.2, 0.25) is 11.8 Å². The predicted octanol–water partition coefficient (Wildman–Crippen LogP) is -0.926. The molecule has 0 aliphatic rings. The summed E-state index contributed by atoms with van der Waals surface area (Å²) in [5.74, 6) is -2.43. The summed E-state index contributed by atoms with van der Waals surface area (Å²) in [5, 5.41) is 23.9. The Balaban J connectivity index is 3.41. The summed E-state index contributed by atoms with van der Waals surface area (Å²) in [6, 6.07) is 1.20. The molecule has 4 atom stereocenters. The number of amides is 3. The highest BCUT2D eigenvalue weighted by molar-refractivity contribution is 6.04. The number of non-ortho nitro benzene ring substituents is 1. The Bertz CT molecular complexity index is 946. The number of guanidine groups is 1. The van der Waals surface area contributed by atoms with Crippen LogP contribution in [0.2, 0.25) is 0 Å². The molecule has 1 rings (SSSR count). The zero-order valence-corrected chi connectivity index (χ0v) is 20.7. The van der Waals surface area contributed by atoms with Crippen molar-refractivity contribution in [1.82, 2.24) is 5.32 Å². The minimum Gasteiger partial charge on any atom is -0.391 e. The lowest BCUT2D eigenvalue weighted by atomic mass is 10.0. The molecule has 1 aromatic carbocycles. The highest BCUT2D eigenvalue weighted by Gasteiger charge is 2.37. The molecule has 14 heteroatoms. The van der Waals surface area contributed by atoms with Gasteiger partial charge in [-0.1, -0.05) is 13.8 Å². The molecule has 0 aliphatic heterocycles. The Morgan fingerprint density at radius 1 is 1.14 bits per heavy atom. The van der Waals surface area contributed by atoms with Crippen molar-refractivity contribution in [1.29, 1.82) is 0 Å². The van der Waals surface area contributed by atoms with Crippen molar-refractivity contribution >= 4 is 35.1 Å². The SMILES string of the molecule is CC(C)C[C@@H](N)C(=O)N[C@H](C(=O)N(c1ccc([N+](=O)[O-])cc1)[C@@H](CCCN=C(N)N)C(N)=O)[C@@H](C)O. The topological polar surface area (TPSA) is 246 Å². The number of nitrogens with one attached hydrogen (secondary N) is 1. The molecule has 0 fully saturated rings. The van der Waals surface area contributed by atoms with Crippen molar-refractivity contribution in [3.8, 4) is 0 Å². The lowest BCUT2D eigenvalue weighted by Crippen LogP contribution is -2.60. The van der Waals surface area contributed by atoms with Crippen LogP contribution in [0, 0.1) is 16.0 Å². The maximum Gasteiger partial charge on any atom is 0.269 e. The van der Waals surface area contributed by atoms with Gasteiger partial charge in [-0.2, -0.15) is 0 Å². The fraction of sp³-hybridized carbons (Fsp3) is 0.545. The van der Waals surface area contributed by atoms with E-state index in [9.17, 15) is 29.6 Å². The van der Waals surface area contributed by atoms with Gasteiger partial charge in [-0.05, 0) is 44.2 Å². The van der Waals surface area contributed by atoms with Gasteiger partial charge in [0.05, 0.1) is 17.1 Å². The Kier molecular flexibility index (Phi) is 11.7. The molecule has 36 heavy (non-hydrogen) atoms. The average Bonchev–Trinajstić information content (AvgIpc) is 2.78. The lowest BCUT2D eigenvalue weighted by molar-refractivity contribution is -0.384. The van der Waals surface area contributed by atoms with Gasteiger partial charge in [-0.3, -0.25) is 34.4 Å². The van der Waals surface area contributed by atoms with E-state index < -0.39 is 46.9 Å². The second-order valence-electron chi connectivity index (χ2n) is 8.81. The number of carbonyl (C=O) groups is 3. The molecule has 0 aromatic heterocycles. The van der Waals surface area contributed by atoms with Gasteiger partial charge in [0.1, 0.15) is 12.1 Å². The van der Waals surface area contributed by atoms with E-state index in [1.165, 1.54) is 19.1 Å². The number of rotatable bonds is 14. The number of aliphatic hydroxyl groups excluding tert-OH is 1. The number of primary amides is 1. The number of nitro benzene ring substituents is 1. The number of aliphatic imine (C=N–C) groups is 1. The van der Waals surface area contributed by atoms with Gasteiger partial charge >= 0.3 is 0 Å². The molecule has 0 bridgehead atoms. The van der Waals surface area contributed by atoms with Gasteiger partial charge in [-0.15, -0.1) is 0 Å². The molecular weight excluding hydrogens is 472 g/mol. The summed E-state index contributed by atoms with van der Waals surface area (Å²) in [7, 11) is 0. The van der Waals surface area contributed by atoms with E-state index in [1.54, 1.807) is 0 Å². The van der Waals surface area contributed by atoms with Gasteiger partial charge in [0.25, 0.3) is 11.6 Å². The summed E-state index contributed by atoms with van der Waals surface area (Å²) in [6.07, 6.45) is -0.744. The molecule has 3 amide bonds. The third-order valence-corrected chi connectivity index (χ3v) is 5.25. The van der Waals surface area contributed by atoms with E-state index in [1.807, 2.05) is 13.8 Å². The minimum absolute atomic E-state index is 0.0299. The second-order valence-corrected chi connectivity index (χ2v) is 8.81. The average molecular weight is 509 g/mol. The van der Waals surface area contributed by atoms with E-state index in [0.29, 0.717) is 6.42 Å². The van der Waals surface area contributed by atoms with Crippen LogP contribution in [0.1, 0.15) is 40.0 Å². The van der Waals surface area contributed by atoms with Crippen molar-refractivity contribution < 1.29 is 24.4 Å². The highest BCUT2D eigenvalue weighted by atomic mass is 16.6. The van der Waals surface area contributed by atoms with E-state index in [4.69, 9.17) is 22.9 Å². The standard InChI is InChI=1S/C22H36N8O6/c1-12(2)11-16(23)20(33)28-18(13(3)31)21(34)29(14-6-8-15(9-7-14)30(35)36)17(19(24)32)5-4-10-27-22(25)26/h6-9,12-13,16-18,31H,4-5,10-11,23H2,1-3H3,(H2,24,32)(H,28,33)(H4,25,26,27)/t13-,16-,17+,18+/m1/s1. The summed E-state index contributed by atoms with van der Waals surface area (Å²) < 4.78 is 0. The summed E-state index contributed by atoms with van der Waals surface area (Å²) in [4.78, 5) is 54.0. The van der Waals surface area contributed by atoms with Crippen molar-refractivity contribution in [3.05, 3.63) is 34.4 Å². The van der Waals surface area contributed by atoms with Crippen LogP contribution in [0.4, 0.5) is 11.4 Å². The minimum atomic E-state index is -1.48. The number of nitrogens with zero attached hydrogens (tertiary/aromatic N) is 3. The quantitative estimate of drug-likeness (QED) is 0.0596. The summed E-state index contributed by atoms with van der Waals surface area (Å²) in [5.41, 5.74) is 22.0. The van der Waals surface area contributed by atoms with Crippen molar-refractivity contribution in [2.24, 2.45) is 33.8 Å². The number of nitro groups is 1. The monoisotopic (exact) mass is 508 g/mol. The zero-order chi connectivity index (χ0) is 27.6. The molecule has 0 unspecified atom stereocenters. The first kappa shape index (κ1) is 30.3. The number of aliphatic hydroxyl groups is 1. The number of anilines is 1. The van der Waals surface area contributed by atoms with E-state index in [-0.39, 0.29) is 42.6 Å². The number of hydrogen-bond acceptors (Lipinski definition) is 8. The molecule has 0 radical (unpaired) electrons. The largest absolute Gasteiger partial charge is 0.391 e. The van der Waals surface area contributed by atoms with Crippen LogP contribution in [0.25, 0.3) is 0 Å². The maximum atomic E-state index is 13.7. The first-order valence-corrected chi connectivity index (χ1v) is 11.4. The predicted molar refractivity (Wildman–Crippen MR) is 135 cm³/mol. The van der Waals surface area contributed by atoms with E-state index in [2.05, 4.69) is 10.3 Å². The lowest BCUT2D eigenvalue weighted by Gasteiger charge is -2.34. The van der Waals surface area contributed by atoms with Crippen LogP contribution in [-0.4, -0.2) is 64.5 Å². The van der Waals surface area contributed by atoms with E-state index in [0.717, 1.165) is 17.0 Å². The molecule has 10 N–H and O–H groups in total. The first-order chi connectivity index (χ1) is 16.8. The third-order valence-electron chi connectivity index (χ3n) is 5.25. The molecular formula is C22H36N8O6. The van der Waals surface area contributed by atoms with Crippen LogP contribution in [-0.2, 0) is 14.4 Å². The Labute approximate surface area is 209 Å². The maximum absolute atomic E-state index is 13.7. The molecule has 14 nitrogen and oxygen atoms in total. The van der Waals surface area contributed by atoms with Crippen molar-refractivity contribution in [2.75, 3.05) is 11.4 Å². The fourth-order valence-corrected chi connectivity index (χ4v) is 3.50. The molecule has 0 aliphatic carbocycles. The Hall–Kier alpha value is -3.78. The van der Waals surface area contributed by atoms with Crippen LogP contribution in [0.5, 0.6) is 0 Å². The second kappa shape index (κ2) is 13.9. The summed E-state index contributed by atoms with van der Waals surface area (Å²) in [6.45, 7) is 5.19. The van der Waals surface area contributed by atoms with Gasteiger partial charge in [0.15, 0.2) is 5.96 Å². The Morgan fingerprint density at radius 2 is 1.72 bits per heavy atom. The molecule has 0 spiro atoms. The Morgan fingerprint density at radius 3 is 2.17 bits per heavy atom. The van der Waals surface area contributed by atoms with Gasteiger partial charge < -0.3 is 33.4 Å². The molecule has 0 saturated heterocycles. The number of benzene rings is 1.